The lowest BCUT2D eigenvalue weighted by Crippen LogP contribution is -2.35. The Bertz CT molecular complexity index is 699. The zero-order valence-corrected chi connectivity index (χ0v) is 13.9. The first kappa shape index (κ1) is 15.4. The molecule has 1 N–H and O–H groups in total. The summed E-state index contributed by atoms with van der Waals surface area (Å²) in [4.78, 5) is 15.0. The summed E-state index contributed by atoms with van der Waals surface area (Å²) in [6.07, 6.45) is 1.00. The fourth-order valence-electron chi connectivity index (χ4n) is 3.30. The van der Waals surface area contributed by atoms with Crippen molar-refractivity contribution in [3.05, 3.63) is 34.5 Å². The van der Waals surface area contributed by atoms with E-state index in [1.54, 1.807) is 0 Å². The van der Waals surface area contributed by atoms with Crippen LogP contribution in [-0.2, 0) is 6.54 Å². The van der Waals surface area contributed by atoms with E-state index in [9.17, 15) is 4.79 Å². The molecule has 1 aromatic heterocycles. The molecular weight excluding hydrogens is 298 g/mol. The molecule has 1 aliphatic heterocycles. The molecule has 118 valence electrons. The van der Waals surface area contributed by atoms with E-state index in [2.05, 4.69) is 16.8 Å². The number of fused-ring (bicyclic) bond motifs is 1. The highest BCUT2D eigenvalue weighted by molar-refractivity contribution is 6.31. The van der Waals surface area contributed by atoms with E-state index in [0.29, 0.717) is 5.02 Å². The normalized spacial score (nSPS) is 16.0. The minimum Gasteiger partial charge on any atom is -0.337 e. The number of benzene rings is 1. The number of amides is 1. The molecule has 1 amide bonds. The highest BCUT2D eigenvalue weighted by Crippen LogP contribution is 2.29. The van der Waals surface area contributed by atoms with Crippen LogP contribution in [0.25, 0.3) is 10.9 Å². The number of rotatable bonds is 2. The van der Waals surface area contributed by atoms with E-state index in [1.807, 2.05) is 30.0 Å². The lowest BCUT2D eigenvalue weighted by atomic mass is 10.1. The molecule has 3 rings (SSSR count). The summed E-state index contributed by atoms with van der Waals surface area (Å²) >= 11 is 6.13. The highest BCUT2D eigenvalue weighted by atomic mass is 35.5. The smallest absolute Gasteiger partial charge is 0.270 e. The molecule has 1 aromatic carbocycles. The van der Waals surface area contributed by atoms with Crippen molar-refractivity contribution in [3.8, 4) is 0 Å². The molecule has 0 aliphatic carbocycles. The molecule has 5 heteroatoms. The molecule has 22 heavy (non-hydrogen) atoms. The molecule has 0 bridgehead atoms. The minimum atomic E-state index is 0.135. The number of hydrogen-bond donors (Lipinski definition) is 1. The van der Waals surface area contributed by atoms with Crippen molar-refractivity contribution in [2.24, 2.45) is 0 Å². The lowest BCUT2D eigenvalue weighted by molar-refractivity contribution is 0.0755. The second kappa shape index (κ2) is 6.31. The van der Waals surface area contributed by atoms with Crippen molar-refractivity contribution >= 4 is 28.4 Å². The van der Waals surface area contributed by atoms with Crippen LogP contribution in [0, 0.1) is 6.92 Å². The second-order valence-corrected chi connectivity index (χ2v) is 6.21. The average Bonchev–Trinajstić information content (AvgIpc) is 2.71. The van der Waals surface area contributed by atoms with Gasteiger partial charge in [-0.15, -0.1) is 0 Å². The predicted octanol–water partition coefficient (Wildman–Crippen LogP) is 3.06. The van der Waals surface area contributed by atoms with Gasteiger partial charge in [0, 0.05) is 42.1 Å². The molecule has 1 aliphatic rings. The Morgan fingerprint density at radius 1 is 1.32 bits per heavy atom. The van der Waals surface area contributed by atoms with Crippen LogP contribution in [0.4, 0.5) is 0 Å². The Morgan fingerprint density at radius 2 is 2.14 bits per heavy atom. The Labute approximate surface area is 136 Å². The molecule has 1 fully saturated rings. The molecule has 1 saturated heterocycles. The van der Waals surface area contributed by atoms with Gasteiger partial charge in [0.15, 0.2) is 0 Å². The highest BCUT2D eigenvalue weighted by Gasteiger charge is 2.24. The summed E-state index contributed by atoms with van der Waals surface area (Å²) in [6, 6.07) is 5.85. The molecular formula is C17H22ClN3O. The van der Waals surface area contributed by atoms with Crippen LogP contribution < -0.4 is 5.32 Å². The average molecular weight is 320 g/mol. The van der Waals surface area contributed by atoms with Gasteiger partial charge in [0.25, 0.3) is 5.91 Å². The number of nitrogens with one attached hydrogen (secondary N) is 1. The maximum absolute atomic E-state index is 13.1. The molecule has 0 spiro atoms. The van der Waals surface area contributed by atoms with E-state index < -0.39 is 0 Å². The monoisotopic (exact) mass is 319 g/mol. The van der Waals surface area contributed by atoms with E-state index in [4.69, 9.17) is 11.6 Å². The summed E-state index contributed by atoms with van der Waals surface area (Å²) in [5, 5.41) is 5.13. The second-order valence-electron chi connectivity index (χ2n) is 5.78. The molecule has 2 aromatic rings. The van der Waals surface area contributed by atoms with Crippen molar-refractivity contribution in [1.29, 1.82) is 0 Å². The number of aryl methyl sites for hydroxylation is 2. The number of nitrogens with zero attached hydrogens (tertiary/aromatic N) is 2. The molecule has 0 atom stereocenters. The zero-order chi connectivity index (χ0) is 15.7. The Balaban J connectivity index is 2.08. The van der Waals surface area contributed by atoms with E-state index in [1.165, 1.54) is 0 Å². The third-order valence-electron chi connectivity index (χ3n) is 4.42. The fraction of sp³-hybridized carbons (Fsp3) is 0.471. The third kappa shape index (κ3) is 2.61. The number of halogens is 1. The Morgan fingerprint density at radius 3 is 2.91 bits per heavy atom. The topological polar surface area (TPSA) is 37.3 Å². The van der Waals surface area contributed by atoms with Gasteiger partial charge in [-0.3, -0.25) is 4.79 Å². The minimum absolute atomic E-state index is 0.135. The van der Waals surface area contributed by atoms with Crippen LogP contribution in [0.5, 0.6) is 0 Å². The zero-order valence-electron chi connectivity index (χ0n) is 13.2. The van der Waals surface area contributed by atoms with Crippen molar-refractivity contribution in [2.45, 2.75) is 26.8 Å². The van der Waals surface area contributed by atoms with E-state index >= 15 is 0 Å². The predicted molar refractivity (Wildman–Crippen MR) is 90.7 cm³/mol. The number of aromatic nitrogens is 1. The molecule has 0 radical (unpaired) electrons. The van der Waals surface area contributed by atoms with Crippen LogP contribution in [-0.4, -0.2) is 41.6 Å². The summed E-state index contributed by atoms with van der Waals surface area (Å²) < 4.78 is 2.11. The first-order valence-corrected chi connectivity index (χ1v) is 8.29. The van der Waals surface area contributed by atoms with Gasteiger partial charge in [0.1, 0.15) is 5.69 Å². The standard InChI is InChI=1S/C17H22ClN3O/c1-3-21-15-6-5-13(18)11-14(15)12(2)16(21)17(22)20-9-4-7-19-8-10-20/h5-6,11,19H,3-4,7-10H2,1-2H3. The molecule has 2 heterocycles. The number of carbonyl (C=O) groups is 1. The van der Waals surface area contributed by atoms with Crippen molar-refractivity contribution in [2.75, 3.05) is 26.2 Å². The maximum atomic E-state index is 13.1. The maximum Gasteiger partial charge on any atom is 0.270 e. The van der Waals surface area contributed by atoms with Gasteiger partial charge in [-0.05, 0) is 50.6 Å². The number of hydrogen-bond acceptors (Lipinski definition) is 2. The fourth-order valence-corrected chi connectivity index (χ4v) is 3.47. The largest absolute Gasteiger partial charge is 0.337 e. The Hall–Kier alpha value is -1.52. The van der Waals surface area contributed by atoms with Gasteiger partial charge < -0.3 is 14.8 Å². The van der Waals surface area contributed by atoms with Crippen LogP contribution in [0.3, 0.4) is 0 Å². The quantitative estimate of drug-likeness (QED) is 0.923. The first-order chi connectivity index (χ1) is 10.6. The molecule has 0 unspecified atom stereocenters. The van der Waals surface area contributed by atoms with Crippen LogP contribution >= 0.6 is 11.6 Å². The Kier molecular flexibility index (Phi) is 4.41. The molecule has 4 nitrogen and oxygen atoms in total. The van der Waals surface area contributed by atoms with Gasteiger partial charge in [-0.2, -0.15) is 0 Å². The summed E-state index contributed by atoms with van der Waals surface area (Å²) in [6.45, 7) is 8.31. The first-order valence-electron chi connectivity index (χ1n) is 7.91. The molecule has 0 saturated carbocycles. The summed E-state index contributed by atoms with van der Waals surface area (Å²) in [5.41, 5.74) is 2.92. The lowest BCUT2D eigenvalue weighted by Gasteiger charge is -2.21. The van der Waals surface area contributed by atoms with Crippen molar-refractivity contribution in [1.82, 2.24) is 14.8 Å². The van der Waals surface area contributed by atoms with Gasteiger partial charge in [0.05, 0.1) is 0 Å². The number of carbonyl (C=O) groups excluding carboxylic acids is 1. The van der Waals surface area contributed by atoms with Crippen molar-refractivity contribution in [3.63, 3.8) is 0 Å². The van der Waals surface area contributed by atoms with Gasteiger partial charge in [-0.1, -0.05) is 11.6 Å². The van der Waals surface area contributed by atoms with Gasteiger partial charge in [0.2, 0.25) is 0 Å². The summed E-state index contributed by atoms with van der Waals surface area (Å²) in [7, 11) is 0. The van der Waals surface area contributed by atoms with Crippen LogP contribution in [0.2, 0.25) is 5.02 Å². The van der Waals surface area contributed by atoms with Crippen LogP contribution in [0.15, 0.2) is 18.2 Å². The van der Waals surface area contributed by atoms with Gasteiger partial charge in [-0.25, -0.2) is 0 Å². The van der Waals surface area contributed by atoms with Gasteiger partial charge >= 0.3 is 0 Å². The summed E-state index contributed by atoms with van der Waals surface area (Å²) in [5.74, 6) is 0.135. The van der Waals surface area contributed by atoms with Crippen LogP contribution in [0.1, 0.15) is 29.4 Å². The third-order valence-corrected chi connectivity index (χ3v) is 4.66. The van der Waals surface area contributed by atoms with E-state index in [0.717, 1.165) is 61.3 Å². The van der Waals surface area contributed by atoms with E-state index in [-0.39, 0.29) is 5.91 Å². The SMILES string of the molecule is CCn1c(C(=O)N2CCCNCC2)c(C)c2cc(Cl)ccc21. The van der Waals surface area contributed by atoms with Crippen molar-refractivity contribution < 1.29 is 4.79 Å².